The van der Waals surface area contributed by atoms with E-state index >= 15 is 0 Å². The molecule has 0 atom stereocenters. The number of thiophene rings is 1. The highest BCUT2D eigenvalue weighted by Gasteiger charge is 2.21. The van der Waals surface area contributed by atoms with Gasteiger partial charge in [-0.15, -0.1) is 11.3 Å². The van der Waals surface area contributed by atoms with Gasteiger partial charge in [-0.25, -0.2) is 15.0 Å². The molecule has 6 heteroatoms. The molecule has 12 rings (SSSR count). The summed E-state index contributed by atoms with van der Waals surface area (Å²) in [6.07, 6.45) is 0. The second-order valence-corrected chi connectivity index (χ2v) is 15.3. The lowest BCUT2D eigenvalue weighted by atomic mass is 9.98. The van der Waals surface area contributed by atoms with E-state index in [1.165, 1.54) is 10.1 Å². The summed E-state index contributed by atoms with van der Waals surface area (Å²) in [7, 11) is 0. The number of benzene rings is 8. The molecule has 0 unspecified atom stereocenters. The van der Waals surface area contributed by atoms with Gasteiger partial charge in [-0.1, -0.05) is 152 Å². The lowest BCUT2D eigenvalue weighted by molar-refractivity contribution is 0.668. The van der Waals surface area contributed by atoms with E-state index in [1.54, 1.807) is 11.3 Å². The Balaban J connectivity index is 1.03. The minimum atomic E-state index is 0.645. The predicted octanol–water partition coefficient (Wildman–Crippen LogP) is 14.4. The van der Waals surface area contributed by atoms with E-state index in [1.807, 2.05) is 72.8 Å². The molecular formula is C51H29N3O2S. The van der Waals surface area contributed by atoms with Crippen molar-refractivity contribution in [3.8, 4) is 56.4 Å². The van der Waals surface area contributed by atoms with Crippen molar-refractivity contribution in [2.75, 3.05) is 0 Å². The molecule has 0 saturated carbocycles. The summed E-state index contributed by atoms with van der Waals surface area (Å²) in [5.74, 6) is 1.94. The van der Waals surface area contributed by atoms with Gasteiger partial charge in [0.1, 0.15) is 22.3 Å². The van der Waals surface area contributed by atoms with Crippen LogP contribution in [-0.4, -0.2) is 15.0 Å². The summed E-state index contributed by atoms with van der Waals surface area (Å²) in [5, 5.41) is 6.74. The zero-order chi connectivity index (χ0) is 37.5. The van der Waals surface area contributed by atoms with Crippen LogP contribution in [0.25, 0.3) is 120 Å². The van der Waals surface area contributed by atoms with E-state index in [2.05, 4.69) is 103 Å². The minimum Gasteiger partial charge on any atom is -0.456 e. The molecule has 57 heavy (non-hydrogen) atoms. The van der Waals surface area contributed by atoms with Gasteiger partial charge in [-0.05, 0) is 29.8 Å². The van der Waals surface area contributed by atoms with Crippen LogP contribution in [0.15, 0.2) is 185 Å². The van der Waals surface area contributed by atoms with Crippen LogP contribution in [0.3, 0.4) is 0 Å². The lowest BCUT2D eigenvalue weighted by Gasteiger charge is -2.09. The van der Waals surface area contributed by atoms with Crippen LogP contribution in [0.1, 0.15) is 0 Å². The van der Waals surface area contributed by atoms with Gasteiger partial charge in [-0.2, -0.15) is 0 Å². The first kappa shape index (κ1) is 31.9. The summed E-state index contributed by atoms with van der Waals surface area (Å²) >= 11 is 1.77. The van der Waals surface area contributed by atoms with Gasteiger partial charge in [0.05, 0.1) is 0 Å². The van der Waals surface area contributed by atoms with Crippen LogP contribution in [-0.2, 0) is 0 Å². The maximum absolute atomic E-state index is 6.97. The highest BCUT2D eigenvalue weighted by atomic mass is 32.1. The van der Waals surface area contributed by atoms with E-state index in [9.17, 15) is 0 Å². The van der Waals surface area contributed by atoms with Crippen molar-refractivity contribution in [2.24, 2.45) is 0 Å². The van der Waals surface area contributed by atoms with E-state index in [-0.39, 0.29) is 0 Å². The average molecular weight is 748 g/mol. The second kappa shape index (κ2) is 12.6. The summed E-state index contributed by atoms with van der Waals surface area (Å²) in [5.41, 5.74) is 10.6. The van der Waals surface area contributed by atoms with Gasteiger partial charge in [0.25, 0.3) is 0 Å². The highest BCUT2D eigenvalue weighted by molar-refractivity contribution is 7.26. The Morgan fingerprint density at radius 3 is 1.53 bits per heavy atom. The van der Waals surface area contributed by atoms with Crippen molar-refractivity contribution in [1.29, 1.82) is 0 Å². The first-order chi connectivity index (χ1) is 28.2. The maximum Gasteiger partial charge on any atom is 0.165 e. The Kier molecular flexibility index (Phi) is 7.03. The van der Waals surface area contributed by atoms with Crippen molar-refractivity contribution in [2.45, 2.75) is 0 Å². The Labute approximate surface area is 330 Å². The third kappa shape index (κ3) is 5.04. The molecule has 0 bridgehead atoms. The van der Waals surface area contributed by atoms with Gasteiger partial charge in [-0.3, -0.25) is 0 Å². The molecule has 4 aromatic heterocycles. The second-order valence-electron chi connectivity index (χ2n) is 14.3. The van der Waals surface area contributed by atoms with Gasteiger partial charge in [0.2, 0.25) is 0 Å². The van der Waals surface area contributed by atoms with Gasteiger partial charge >= 0.3 is 0 Å². The Bertz CT molecular complexity index is 3470. The van der Waals surface area contributed by atoms with Crippen molar-refractivity contribution < 1.29 is 8.83 Å². The molecule has 0 amide bonds. The smallest absolute Gasteiger partial charge is 0.165 e. The molecule has 4 heterocycles. The van der Waals surface area contributed by atoms with E-state index < -0.39 is 0 Å². The standard InChI is InChI=1S/C51H29N3O2S/c1-3-13-30(14-4-1)49-52-50(31-15-5-2-6-16-31)54-51(53-49)42-25-12-24-41-40-23-11-22-39(47(40)57-48(41)42)38-21-10-20-37-36-19-9-18-33(45(36)56-46(37)38)32-27-28-35-34-17-7-8-26-43(34)55-44(35)29-32/h1-29H. The molecule has 0 radical (unpaired) electrons. The van der Waals surface area contributed by atoms with Crippen LogP contribution in [0.5, 0.6) is 0 Å². The fourth-order valence-electron chi connectivity index (χ4n) is 8.29. The van der Waals surface area contributed by atoms with E-state index in [4.69, 9.17) is 23.8 Å². The molecule has 0 aliphatic heterocycles. The van der Waals surface area contributed by atoms with Crippen molar-refractivity contribution in [3.63, 3.8) is 0 Å². The van der Waals surface area contributed by atoms with Crippen LogP contribution < -0.4 is 0 Å². The lowest BCUT2D eigenvalue weighted by Crippen LogP contribution is -2.00. The molecule has 8 aromatic carbocycles. The normalized spacial score (nSPS) is 11.9. The number of hydrogen-bond acceptors (Lipinski definition) is 6. The number of aromatic nitrogens is 3. The first-order valence-electron chi connectivity index (χ1n) is 18.9. The summed E-state index contributed by atoms with van der Waals surface area (Å²) in [4.78, 5) is 15.1. The highest BCUT2D eigenvalue weighted by Crippen LogP contribution is 2.47. The van der Waals surface area contributed by atoms with Gasteiger partial charge < -0.3 is 8.83 Å². The predicted molar refractivity (Wildman–Crippen MR) is 234 cm³/mol. The zero-order valence-corrected chi connectivity index (χ0v) is 31.1. The molecule has 12 aromatic rings. The number of para-hydroxylation sites is 3. The Morgan fingerprint density at radius 2 is 0.825 bits per heavy atom. The summed E-state index contributed by atoms with van der Waals surface area (Å²) < 4.78 is 15.6. The number of rotatable bonds is 5. The fraction of sp³-hybridized carbons (Fsp3) is 0. The number of furan rings is 2. The van der Waals surface area contributed by atoms with E-state index in [0.717, 1.165) is 92.9 Å². The molecule has 0 fully saturated rings. The molecule has 0 saturated heterocycles. The topological polar surface area (TPSA) is 65.0 Å². The third-order valence-electron chi connectivity index (χ3n) is 11.0. The van der Waals surface area contributed by atoms with Crippen LogP contribution in [0, 0.1) is 0 Å². The summed E-state index contributed by atoms with van der Waals surface area (Å²) in [6.45, 7) is 0. The quantitative estimate of drug-likeness (QED) is 0.175. The maximum atomic E-state index is 6.97. The average Bonchev–Trinajstić information content (AvgIpc) is 3.98. The number of nitrogens with zero attached hydrogens (tertiary/aromatic N) is 3. The monoisotopic (exact) mass is 747 g/mol. The Morgan fingerprint density at radius 1 is 0.316 bits per heavy atom. The zero-order valence-electron chi connectivity index (χ0n) is 30.3. The van der Waals surface area contributed by atoms with E-state index in [0.29, 0.717) is 17.5 Å². The molecule has 0 aliphatic rings. The van der Waals surface area contributed by atoms with Crippen molar-refractivity contribution in [1.82, 2.24) is 15.0 Å². The molecular weight excluding hydrogens is 719 g/mol. The summed E-state index contributed by atoms with van der Waals surface area (Å²) in [6, 6.07) is 60.8. The van der Waals surface area contributed by atoms with Crippen molar-refractivity contribution >= 4 is 75.4 Å². The van der Waals surface area contributed by atoms with Crippen LogP contribution in [0.2, 0.25) is 0 Å². The number of fused-ring (bicyclic) bond motifs is 9. The van der Waals surface area contributed by atoms with Crippen LogP contribution in [0.4, 0.5) is 0 Å². The molecule has 266 valence electrons. The van der Waals surface area contributed by atoms with Gasteiger partial charge in [0, 0.05) is 75.1 Å². The number of hydrogen-bond donors (Lipinski definition) is 0. The molecule has 0 N–H and O–H groups in total. The Hall–Kier alpha value is -7.41. The van der Waals surface area contributed by atoms with Crippen molar-refractivity contribution in [3.05, 3.63) is 176 Å². The van der Waals surface area contributed by atoms with Crippen LogP contribution >= 0.6 is 11.3 Å². The largest absolute Gasteiger partial charge is 0.456 e. The third-order valence-corrected chi connectivity index (χ3v) is 12.3. The minimum absolute atomic E-state index is 0.645. The molecule has 0 aliphatic carbocycles. The first-order valence-corrected chi connectivity index (χ1v) is 19.7. The SMILES string of the molecule is c1ccc(-c2nc(-c3ccccc3)nc(-c3cccc4c3sc3c(-c5cccc6c5oc5c(-c7ccc8c(c7)oc7ccccc78)cccc56)cccc34)n2)cc1. The fourth-order valence-corrected chi connectivity index (χ4v) is 9.63. The molecule has 5 nitrogen and oxygen atoms in total. The van der Waals surface area contributed by atoms with Gasteiger partial charge in [0.15, 0.2) is 17.5 Å². The molecule has 0 spiro atoms.